The van der Waals surface area contributed by atoms with E-state index in [1.807, 2.05) is 42.5 Å². The van der Waals surface area contributed by atoms with Crippen LogP contribution in [-0.4, -0.2) is 54.5 Å². The van der Waals surface area contributed by atoms with Crippen molar-refractivity contribution in [2.75, 3.05) is 21.2 Å². The van der Waals surface area contributed by atoms with Crippen molar-refractivity contribution in [2.24, 2.45) is 5.92 Å². The van der Waals surface area contributed by atoms with E-state index in [4.69, 9.17) is 4.74 Å². The van der Waals surface area contributed by atoms with Gasteiger partial charge in [-0.15, -0.1) is 11.8 Å². The fourth-order valence-corrected chi connectivity index (χ4v) is 5.22. The minimum absolute atomic E-state index is 0.158. The third-order valence-corrected chi connectivity index (χ3v) is 6.97. The van der Waals surface area contributed by atoms with Gasteiger partial charge in [-0.3, -0.25) is 20.3 Å². The fourth-order valence-electron chi connectivity index (χ4n) is 3.95. The number of amides is 3. The second-order valence-electron chi connectivity index (χ2n) is 7.52. The van der Waals surface area contributed by atoms with E-state index in [1.54, 1.807) is 37.9 Å². The Morgan fingerprint density at radius 3 is 2.37 bits per heavy atom. The van der Waals surface area contributed by atoms with E-state index in [2.05, 4.69) is 22.8 Å². The van der Waals surface area contributed by atoms with E-state index < -0.39 is 0 Å². The highest BCUT2D eigenvalue weighted by Crippen LogP contribution is 2.35. The number of carbonyl (C=O) groups excluding carboxylic acids is 2. The lowest BCUT2D eigenvalue weighted by Gasteiger charge is -2.50. The molecule has 4 rings (SSSR count). The first-order chi connectivity index (χ1) is 14.5. The molecule has 7 nitrogen and oxygen atoms in total. The van der Waals surface area contributed by atoms with Gasteiger partial charge in [0.1, 0.15) is 5.75 Å². The minimum Gasteiger partial charge on any atom is -0.497 e. The lowest BCUT2D eigenvalue weighted by molar-refractivity contribution is -0.140. The first kappa shape index (κ1) is 20.7. The molecule has 0 aliphatic carbocycles. The number of nitrogens with one attached hydrogen (secondary N) is 2. The van der Waals surface area contributed by atoms with Crippen molar-refractivity contribution in [1.82, 2.24) is 20.4 Å². The maximum Gasteiger partial charge on any atom is 0.327 e. The van der Waals surface area contributed by atoms with Crippen molar-refractivity contribution in [3.8, 4) is 5.75 Å². The zero-order chi connectivity index (χ0) is 21.3. The van der Waals surface area contributed by atoms with Crippen LogP contribution in [0.2, 0.25) is 0 Å². The third-order valence-electron chi connectivity index (χ3n) is 5.68. The number of ether oxygens (including phenoxy) is 1. The standard InChI is InChI=1S/C22H26N4O3S/c1-25-19-17(21(27)26(2)22(25)28)20(30-13-14-7-5-4-6-8-14)24-18(23-19)15-9-11-16(29-3)12-10-15/h4-12,17-20,23-24H,13H2,1-3H3. The van der Waals surface area contributed by atoms with Gasteiger partial charge in [0.05, 0.1) is 30.7 Å². The van der Waals surface area contributed by atoms with Crippen molar-refractivity contribution in [3.05, 3.63) is 65.7 Å². The van der Waals surface area contributed by atoms with Crippen LogP contribution in [0.3, 0.4) is 0 Å². The number of nitrogens with zero attached hydrogens (tertiary/aromatic N) is 2. The molecule has 3 amide bonds. The molecule has 4 unspecified atom stereocenters. The van der Waals surface area contributed by atoms with Crippen molar-refractivity contribution in [2.45, 2.75) is 23.5 Å². The largest absolute Gasteiger partial charge is 0.497 e. The number of urea groups is 1. The Hall–Kier alpha value is -2.55. The SMILES string of the molecule is COc1ccc(C2NC(SCc3ccccc3)C3C(=O)N(C)C(=O)N(C)C3N2)cc1. The molecular formula is C22H26N4O3S. The molecule has 2 aliphatic rings. The molecule has 2 fully saturated rings. The molecule has 8 heteroatoms. The molecule has 4 atom stereocenters. The second-order valence-corrected chi connectivity index (χ2v) is 8.65. The van der Waals surface area contributed by atoms with Crippen LogP contribution in [-0.2, 0) is 10.5 Å². The van der Waals surface area contributed by atoms with Gasteiger partial charge in [0, 0.05) is 19.8 Å². The summed E-state index contributed by atoms with van der Waals surface area (Å²) in [5.74, 6) is 0.998. The van der Waals surface area contributed by atoms with E-state index in [0.29, 0.717) is 0 Å². The van der Waals surface area contributed by atoms with E-state index in [9.17, 15) is 9.59 Å². The van der Waals surface area contributed by atoms with E-state index in [-0.39, 0.29) is 35.6 Å². The summed E-state index contributed by atoms with van der Waals surface area (Å²) in [5.41, 5.74) is 2.22. The van der Waals surface area contributed by atoms with Crippen LogP contribution >= 0.6 is 11.8 Å². The molecule has 158 valence electrons. The van der Waals surface area contributed by atoms with Crippen molar-refractivity contribution in [3.63, 3.8) is 0 Å². The summed E-state index contributed by atoms with van der Waals surface area (Å²) in [4.78, 5) is 28.4. The van der Waals surface area contributed by atoms with Gasteiger partial charge in [-0.05, 0) is 23.3 Å². The highest BCUT2D eigenvalue weighted by atomic mass is 32.2. The molecular weight excluding hydrogens is 400 g/mol. The molecule has 0 spiro atoms. The Labute approximate surface area is 180 Å². The molecule has 0 radical (unpaired) electrons. The van der Waals surface area contributed by atoms with Crippen molar-refractivity contribution >= 4 is 23.7 Å². The van der Waals surface area contributed by atoms with Gasteiger partial charge < -0.3 is 9.64 Å². The summed E-state index contributed by atoms with van der Waals surface area (Å²) in [6.07, 6.45) is -0.584. The van der Waals surface area contributed by atoms with Crippen LogP contribution in [0.25, 0.3) is 0 Å². The van der Waals surface area contributed by atoms with Gasteiger partial charge in [0.15, 0.2) is 0 Å². The molecule has 30 heavy (non-hydrogen) atoms. The third kappa shape index (κ3) is 3.90. The number of rotatable bonds is 5. The van der Waals surface area contributed by atoms with E-state index in [0.717, 1.165) is 17.1 Å². The van der Waals surface area contributed by atoms with Gasteiger partial charge in [0.25, 0.3) is 0 Å². The topological polar surface area (TPSA) is 73.9 Å². The Bertz CT molecular complexity index is 908. The van der Waals surface area contributed by atoms with Crippen LogP contribution in [0.15, 0.2) is 54.6 Å². The van der Waals surface area contributed by atoms with Crippen molar-refractivity contribution < 1.29 is 14.3 Å². The number of thioether (sulfide) groups is 1. The number of fused-ring (bicyclic) bond motifs is 1. The Morgan fingerprint density at radius 2 is 1.70 bits per heavy atom. The molecule has 2 N–H and O–H groups in total. The fraction of sp³-hybridized carbons (Fsp3) is 0.364. The van der Waals surface area contributed by atoms with E-state index >= 15 is 0 Å². The van der Waals surface area contributed by atoms with Crippen LogP contribution in [0.5, 0.6) is 5.75 Å². The molecule has 2 saturated heterocycles. The molecule has 0 bridgehead atoms. The monoisotopic (exact) mass is 426 g/mol. The summed E-state index contributed by atoms with van der Waals surface area (Å²) in [5, 5.41) is 6.89. The predicted molar refractivity (Wildman–Crippen MR) is 117 cm³/mol. The zero-order valence-corrected chi connectivity index (χ0v) is 18.1. The quantitative estimate of drug-likeness (QED) is 0.766. The number of benzene rings is 2. The second kappa shape index (κ2) is 8.67. The highest BCUT2D eigenvalue weighted by molar-refractivity contribution is 7.99. The Morgan fingerprint density at radius 1 is 1.00 bits per heavy atom. The molecule has 2 aromatic rings. The average molecular weight is 427 g/mol. The molecule has 2 aromatic carbocycles. The summed E-state index contributed by atoms with van der Waals surface area (Å²) < 4.78 is 5.26. The maximum atomic E-state index is 13.0. The van der Waals surface area contributed by atoms with Crippen LogP contribution < -0.4 is 15.4 Å². The zero-order valence-electron chi connectivity index (χ0n) is 17.2. The summed E-state index contributed by atoms with van der Waals surface area (Å²) in [7, 11) is 4.93. The van der Waals surface area contributed by atoms with Gasteiger partial charge in [-0.25, -0.2) is 4.79 Å². The van der Waals surface area contributed by atoms with Gasteiger partial charge >= 0.3 is 6.03 Å². The number of hydrogen-bond donors (Lipinski definition) is 2. The lowest BCUT2D eigenvalue weighted by Crippen LogP contribution is -2.72. The first-order valence-corrected chi connectivity index (χ1v) is 10.9. The molecule has 0 saturated carbocycles. The van der Waals surface area contributed by atoms with Crippen LogP contribution in [0, 0.1) is 5.92 Å². The van der Waals surface area contributed by atoms with Gasteiger partial charge in [-0.1, -0.05) is 42.5 Å². The molecule has 0 aromatic heterocycles. The van der Waals surface area contributed by atoms with E-state index in [1.165, 1.54) is 10.5 Å². The Balaban J connectivity index is 1.61. The minimum atomic E-state index is -0.388. The molecule has 2 heterocycles. The Kier molecular flexibility index (Phi) is 5.99. The van der Waals surface area contributed by atoms with Crippen molar-refractivity contribution in [1.29, 1.82) is 0 Å². The summed E-state index contributed by atoms with van der Waals surface area (Å²) in [6, 6.07) is 17.7. The van der Waals surface area contributed by atoms with Crippen LogP contribution in [0.4, 0.5) is 4.79 Å². The van der Waals surface area contributed by atoms with Gasteiger partial charge in [-0.2, -0.15) is 0 Å². The normalized spacial score (nSPS) is 26.5. The summed E-state index contributed by atoms with van der Waals surface area (Å²) in [6.45, 7) is 0. The number of methoxy groups -OCH3 is 1. The van der Waals surface area contributed by atoms with Gasteiger partial charge in [0.2, 0.25) is 5.91 Å². The number of imide groups is 1. The first-order valence-electron chi connectivity index (χ1n) is 9.85. The molecule has 2 aliphatic heterocycles. The number of carbonyl (C=O) groups is 2. The lowest BCUT2D eigenvalue weighted by atomic mass is 9.96. The predicted octanol–water partition coefficient (Wildman–Crippen LogP) is 2.61. The smallest absolute Gasteiger partial charge is 0.327 e. The maximum absolute atomic E-state index is 13.0. The highest BCUT2D eigenvalue weighted by Gasteiger charge is 2.50. The average Bonchev–Trinajstić information content (AvgIpc) is 2.80. The van der Waals surface area contributed by atoms with Crippen LogP contribution in [0.1, 0.15) is 17.3 Å². The summed E-state index contributed by atoms with van der Waals surface area (Å²) >= 11 is 1.69. The number of hydrogen-bond acceptors (Lipinski definition) is 6.